The molecule has 164 valence electrons. The first-order chi connectivity index (χ1) is 14.7. The fourth-order valence-corrected chi connectivity index (χ4v) is 4.27. The third-order valence-electron chi connectivity index (χ3n) is 3.88. The molecule has 6 nitrogen and oxygen atoms in total. The van der Waals surface area contributed by atoms with Gasteiger partial charge < -0.3 is 14.2 Å². The number of hydrogen-bond donors (Lipinski definition) is 0. The monoisotopic (exact) mass is 470 g/mol. The van der Waals surface area contributed by atoms with E-state index in [-0.39, 0.29) is 12.4 Å². The zero-order chi connectivity index (χ0) is 22.4. The lowest BCUT2D eigenvalue weighted by atomic mass is 10.2. The standard InChI is InChI=1S/C20H17F3N2O4S2/c1-12-9-15(7-8-16(12)28-10-18(26)27-2)30-11-17-24-25-19(31-17)13-3-5-14(6-4-13)29-20(21,22)23/h3-9H,10-11H2,1-2H3. The molecule has 31 heavy (non-hydrogen) atoms. The van der Waals surface area contributed by atoms with E-state index < -0.39 is 12.3 Å². The van der Waals surface area contributed by atoms with Gasteiger partial charge in [0.15, 0.2) is 6.61 Å². The number of ether oxygens (including phenoxy) is 3. The number of esters is 1. The molecule has 0 fully saturated rings. The fourth-order valence-electron chi connectivity index (χ4n) is 2.44. The van der Waals surface area contributed by atoms with Crippen LogP contribution in [-0.2, 0) is 15.3 Å². The number of nitrogens with zero attached hydrogens (tertiary/aromatic N) is 2. The van der Waals surface area contributed by atoms with E-state index in [4.69, 9.17) is 4.74 Å². The Hall–Kier alpha value is -2.79. The summed E-state index contributed by atoms with van der Waals surface area (Å²) in [4.78, 5) is 12.2. The van der Waals surface area contributed by atoms with Gasteiger partial charge >= 0.3 is 12.3 Å². The highest BCUT2D eigenvalue weighted by molar-refractivity contribution is 7.98. The molecule has 0 saturated heterocycles. The van der Waals surface area contributed by atoms with Crippen LogP contribution in [0.1, 0.15) is 10.6 Å². The minimum atomic E-state index is -4.72. The lowest BCUT2D eigenvalue weighted by Gasteiger charge is -2.09. The van der Waals surface area contributed by atoms with E-state index in [0.717, 1.165) is 15.5 Å². The Balaban J connectivity index is 1.58. The Bertz CT molecular complexity index is 1040. The lowest BCUT2D eigenvalue weighted by Crippen LogP contribution is -2.16. The number of hydrogen-bond acceptors (Lipinski definition) is 8. The maximum absolute atomic E-state index is 12.3. The highest BCUT2D eigenvalue weighted by Crippen LogP contribution is 2.32. The van der Waals surface area contributed by atoms with Crippen molar-refractivity contribution >= 4 is 29.1 Å². The van der Waals surface area contributed by atoms with Crippen molar-refractivity contribution in [3.05, 3.63) is 53.0 Å². The maximum atomic E-state index is 12.3. The van der Waals surface area contributed by atoms with Crippen molar-refractivity contribution in [1.29, 1.82) is 0 Å². The molecule has 0 aliphatic heterocycles. The number of carbonyl (C=O) groups is 1. The van der Waals surface area contributed by atoms with Crippen LogP contribution in [0.25, 0.3) is 10.6 Å². The van der Waals surface area contributed by atoms with Crippen molar-refractivity contribution in [3.63, 3.8) is 0 Å². The predicted molar refractivity (Wildman–Crippen MR) is 110 cm³/mol. The van der Waals surface area contributed by atoms with E-state index in [1.807, 2.05) is 19.1 Å². The molecule has 0 radical (unpaired) electrons. The van der Waals surface area contributed by atoms with Crippen LogP contribution in [0, 0.1) is 6.92 Å². The molecule has 0 N–H and O–H groups in total. The SMILES string of the molecule is COC(=O)COc1ccc(SCc2nnc(-c3ccc(OC(F)(F)F)cc3)s2)cc1C. The van der Waals surface area contributed by atoms with Crippen LogP contribution < -0.4 is 9.47 Å². The molecule has 0 amide bonds. The number of aryl methyl sites for hydroxylation is 1. The first-order valence-corrected chi connectivity index (χ1v) is 10.7. The Morgan fingerprint density at radius 1 is 1.13 bits per heavy atom. The van der Waals surface area contributed by atoms with Gasteiger partial charge in [0.1, 0.15) is 21.5 Å². The van der Waals surface area contributed by atoms with E-state index in [9.17, 15) is 18.0 Å². The molecular weight excluding hydrogens is 453 g/mol. The molecule has 0 atom stereocenters. The van der Waals surface area contributed by atoms with Crippen molar-refractivity contribution in [2.75, 3.05) is 13.7 Å². The largest absolute Gasteiger partial charge is 0.573 e. The van der Waals surface area contributed by atoms with Gasteiger partial charge in [-0.25, -0.2) is 4.79 Å². The van der Waals surface area contributed by atoms with Gasteiger partial charge in [0.05, 0.1) is 12.9 Å². The number of aromatic nitrogens is 2. The summed E-state index contributed by atoms with van der Waals surface area (Å²) in [5.41, 5.74) is 1.54. The number of thioether (sulfide) groups is 1. The molecule has 3 rings (SSSR count). The van der Waals surface area contributed by atoms with Gasteiger partial charge in [0.25, 0.3) is 0 Å². The maximum Gasteiger partial charge on any atom is 0.573 e. The van der Waals surface area contributed by atoms with Gasteiger partial charge in [-0.1, -0.05) is 11.3 Å². The fraction of sp³-hybridized carbons (Fsp3) is 0.250. The van der Waals surface area contributed by atoms with Gasteiger partial charge in [-0.2, -0.15) is 0 Å². The number of methoxy groups -OCH3 is 1. The molecule has 0 aliphatic carbocycles. The summed E-state index contributed by atoms with van der Waals surface area (Å²) in [5.74, 6) is 0.443. The van der Waals surface area contributed by atoms with Gasteiger partial charge in [0, 0.05) is 10.5 Å². The normalized spacial score (nSPS) is 11.3. The quantitative estimate of drug-likeness (QED) is 0.329. The molecule has 11 heteroatoms. The van der Waals surface area contributed by atoms with E-state index in [0.29, 0.717) is 22.1 Å². The zero-order valence-electron chi connectivity index (χ0n) is 16.4. The Labute approximate surface area is 184 Å². The molecule has 0 aliphatic rings. The topological polar surface area (TPSA) is 70.5 Å². The van der Waals surface area contributed by atoms with Crippen molar-refractivity contribution in [1.82, 2.24) is 10.2 Å². The smallest absolute Gasteiger partial charge is 0.482 e. The van der Waals surface area contributed by atoms with Gasteiger partial charge in [-0.3, -0.25) is 0 Å². The Morgan fingerprint density at radius 3 is 2.52 bits per heavy atom. The average Bonchev–Trinajstić information content (AvgIpc) is 3.19. The molecule has 0 bridgehead atoms. The highest BCUT2D eigenvalue weighted by atomic mass is 32.2. The third-order valence-corrected chi connectivity index (χ3v) is 6.04. The van der Waals surface area contributed by atoms with Crippen LogP contribution in [0.3, 0.4) is 0 Å². The predicted octanol–water partition coefficient (Wildman–Crippen LogP) is 5.26. The van der Waals surface area contributed by atoms with E-state index in [1.54, 1.807) is 17.8 Å². The summed E-state index contributed by atoms with van der Waals surface area (Å²) < 4.78 is 50.6. The van der Waals surface area contributed by atoms with Crippen molar-refractivity contribution in [3.8, 4) is 22.1 Å². The van der Waals surface area contributed by atoms with E-state index in [1.165, 1.54) is 42.7 Å². The summed E-state index contributed by atoms with van der Waals surface area (Å²) >= 11 is 2.92. The van der Waals surface area contributed by atoms with Crippen LogP contribution in [0.2, 0.25) is 0 Å². The molecule has 2 aromatic carbocycles. The Morgan fingerprint density at radius 2 is 1.87 bits per heavy atom. The average molecular weight is 470 g/mol. The number of halogens is 3. The summed E-state index contributed by atoms with van der Waals surface area (Å²) in [5, 5.41) is 9.65. The second-order valence-electron chi connectivity index (χ2n) is 6.15. The molecule has 0 unspecified atom stereocenters. The second-order valence-corrected chi connectivity index (χ2v) is 8.26. The first-order valence-electron chi connectivity index (χ1n) is 8.85. The first kappa shape index (κ1) is 22.9. The van der Waals surface area contributed by atoms with Gasteiger partial charge in [0.2, 0.25) is 0 Å². The molecule has 0 saturated carbocycles. The highest BCUT2D eigenvalue weighted by Gasteiger charge is 2.31. The lowest BCUT2D eigenvalue weighted by molar-refractivity contribution is -0.274. The zero-order valence-corrected chi connectivity index (χ0v) is 18.1. The number of rotatable bonds is 8. The Kier molecular flexibility index (Phi) is 7.39. The minimum absolute atomic E-state index is 0.152. The number of carbonyl (C=O) groups excluding carboxylic acids is 1. The van der Waals surface area contributed by atoms with Crippen molar-refractivity contribution in [2.24, 2.45) is 0 Å². The summed E-state index contributed by atoms with van der Waals surface area (Å²) in [6, 6.07) is 11.1. The molecule has 1 heterocycles. The molecule has 1 aromatic heterocycles. The molecule has 0 spiro atoms. The molecular formula is C20H17F3N2O4S2. The molecule has 3 aromatic rings. The van der Waals surface area contributed by atoms with E-state index in [2.05, 4.69) is 19.7 Å². The van der Waals surface area contributed by atoms with Gasteiger partial charge in [-0.15, -0.1) is 35.1 Å². The number of alkyl halides is 3. The van der Waals surface area contributed by atoms with Crippen LogP contribution in [-0.4, -0.2) is 36.2 Å². The minimum Gasteiger partial charge on any atom is -0.482 e. The summed E-state index contributed by atoms with van der Waals surface area (Å²) in [7, 11) is 1.30. The summed E-state index contributed by atoms with van der Waals surface area (Å²) in [6.45, 7) is 1.73. The summed E-state index contributed by atoms with van der Waals surface area (Å²) in [6.07, 6.45) is -4.72. The van der Waals surface area contributed by atoms with Crippen LogP contribution in [0.4, 0.5) is 13.2 Å². The van der Waals surface area contributed by atoms with Crippen LogP contribution >= 0.6 is 23.1 Å². The van der Waals surface area contributed by atoms with Crippen LogP contribution in [0.5, 0.6) is 11.5 Å². The third kappa shape index (κ3) is 6.86. The second kappa shape index (κ2) is 10.0. The van der Waals surface area contributed by atoms with Crippen molar-refractivity contribution in [2.45, 2.75) is 23.9 Å². The van der Waals surface area contributed by atoms with Crippen LogP contribution in [0.15, 0.2) is 47.4 Å². The number of benzene rings is 2. The van der Waals surface area contributed by atoms with Crippen molar-refractivity contribution < 1.29 is 32.2 Å². The van der Waals surface area contributed by atoms with Gasteiger partial charge in [-0.05, 0) is 55.0 Å². The van der Waals surface area contributed by atoms with E-state index >= 15 is 0 Å².